The lowest BCUT2D eigenvalue weighted by atomic mass is 10.1. The molecule has 0 fully saturated rings. The molecule has 114 valence electrons. The van der Waals surface area contributed by atoms with Gasteiger partial charge in [0.25, 0.3) is 5.91 Å². The summed E-state index contributed by atoms with van der Waals surface area (Å²) in [6, 6.07) is 7.38. The van der Waals surface area contributed by atoms with Gasteiger partial charge in [0.05, 0.1) is 6.61 Å². The molecule has 0 bridgehead atoms. The third-order valence-corrected chi connectivity index (χ3v) is 2.80. The average molecular weight is 290 g/mol. The first kappa shape index (κ1) is 16.9. The minimum Gasteiger partial charge on any atom is -0.463 e. The number of esters is 1. The minimum atomic E-state index is -0.395. The second kappa shape index (κ2) is 8.92. The van der Waals surface area contributed by atoms with Crippen LogP contribution in [0.2, 0.25) is 0 Å². The van der Waals surface area contributed by atoms with Gasteiger partial charge in [0.2, 0.25) is 0 Å². The number of hydrogen-bond acceptors (Lipinski definition) is 4. The summed E-state index contributed by atoms with van der Waals surface area (Å²) in [5, 5.41) is 5.82. The Labute approximate surface area is 125 Å². The molecule has 1 aromatic carbocycles. The Kier molecular flexibility index (Phi) is 7.18. The number of ether oxygens (including phenoxy) is 1. The molecule has 5 heteroatoms. The quantitative estimate of drug-likeness (QED) is 0.432. The van der Waals surface area contributed by atoms with E-state index in [-0.39, 0.29) is 5.91 Å². The van der Waals surface area contributed by atoms with Crippen molar-refractivity contribution in [3.63, 3.8) is 0 Å². The van der Waals surface area contributed by atoms with Crippen molar-refractivity contribution in [2.45, 2.75) is 13.8 Å². The Morgan fingerprint density at radius 3 is 2.48 bits per heavy atom. The minimum absolute atomic E-state index is 0.110. The van der Waals surface area contributed by atoms with E-state index in [1.165, 1.54) is 0 Å². The van der Waals surface area contributed by atoms with Crippen LogP contribution in [0.3, 0.4) is 0 Å². The first-order valence-corrected chi connectivity index (χ1v) is 6.95. The van der Waals surface area contributed by atoms with Gasteiger partial charge in [-0.2, -0.15) is 0 Å². The number of nitrogens with one attached hydrogen (secondary N) is 2. The molecule has 0 atom stereocenters. The Hall–Kier alpha value is -2.14. The molecule has 0 spiro atoms. The highest BCUT2D eigenvalue weighted by molar-refractivity contribution is 5.94. The van der Waals surface area contributed by atoms with Crippen molar-refractivity contribution >= 4 is 11.9 Å². The lowest BCUT2D eigenvalue weighted by molar-refractivity contribution is -0.138. The van der Waals surface area contributed by atoms with Crippen LogP contribution in [0.1, 0.15) is 22.8 Å². The standard InChI is InChI=1S/C16H22N2O3/c1-4-21-16(20)13(3)11-17-9-10-18-15(19)14-7-5-12(2)6-8-14/h5-8,17H,3-4,9-11H2,1-2H3,(H,18,19). The zero-order chi connectivity index (χ0) is 15.7. The van der Waals surface area contributed by atoms with E-state index in [1.807, 2.05) is 19.1 Å². The lowest BCUT2D eigenvalue weighted by Gasteiger charge is -2.08. The maximum absolute atomic E-state index is 11.8. The lowest BCUT2D eigenvalue weighted by Crippen LogP contribution is -2.33. The van der Waals surface area contributed by atoms with Gasteiger partial charge in [-0.1, -0.05) is 24.3 Å². The van der Waals surface area contributed by atoms with Crippen LogP contribution in [0.5, 0.6) is 0 Å². The molecule has 0 radical (unpaired) electrons. The number of benzene rings is 1. The fourth-order valence-electron chi connectivity index (χ4n) is 1.62. The summed E-state index contributed by atoms with van der Waals surface area (Å²) in [5.41, 5.74) is 2.13. The first-order valence-electron chi connectivity index (χ1n) is 6.95. The fourth-order valence-corrected chi connectivity index (χ4v) is 1.62. The van der Waals surface area contributed by atoms with E-state index in [2.05, 4.69) is 17.2 Å². The van der Waals surface area contributed by atoms with Crippen molar-refractivity contribution in [2.75, 3.05) is 26.2 Å². The SMILES string of the molecule is C=C(CNCCNC(=O)c1ccc(C)cc1)C(=O)OCC. The van der Waals surface area contributed by atoms with Crippen LogP contribution in [0, 0.1) is 6.92 Å². The second-order valence-corrected chi connectivity index (χ2v) is 4.62. The van der Waals surface area contributed by atoms with Crippen molar-refractivity contribution in [3.05, 3.63) is 47.5 Å². The van der Waals surface area contributed by atoms with Crippen LogP contribution in [-0.4, -0.2) is 38.1 Å². The number of rotatable bonds is 8. The predicted octanol–water partition coefficient (Wildman–Crippen LogP) is 1.43. The molecule has 0 aliphatic heterocycles. The molecule has 1 amide bonds. The maximum atomic E-state index is 11.8. The van der Waals surface area contributed by atoms with Crippen molar-refractivity contribution in [2.24, 2.45) is 0 Å². The topological polar surface area (TPSA) is 67.4 Å². The molecule has 1 aromatic rings. The first-order chi connectivity index (χ1) is 10.0. The third-order valence-electron chi connectivity index (χ3n) is 2.80. The van der Waals surface area contributed by atoms with E-state index in [4.69, 9.17) is 4.74 Å². The largest absolute Gasteiger partial charge is 0.463 e. The molecule has 5 nitrogen and oxygen atoms in total. The molecule has 0 saturated heterocycles. The van der Waals surface area contributed by atoms with Crippen LogP contribution in [0.15, 0.2) is 36.4 Å². The Bertz CT molecular complexity index is 495. The summed E-state index contributed by atoms with van der Waals surface area (Å²) in [4.78, 5) is 23.1. The Balaban J connectivity index is 2.19. The van der Waals surface area contributed by atoms with Crippen molar-refractivity contribution in [1.29, 1.82) is 0 Å². The zero-order valence-electron chi connectivity index (χ0n) is 12.6. The average Bonchev–Trinajstić information content (AvgIpc) is 2.47. The number of hydrogen-bond donors (Lipinski definition) is 2. The van der Waals surface area contributed by atoms with Crippen LogP contribution in [0.25, 0.3) is 0 Å². The van der Waals surface area contributed by atoms with E-state index in [1.54, 1.807) is 19.1 Å². The Morgan fingerprint density at radius 1 is 1.19 bits per heavy atom. The maximum Gasteiger partial charge on any atom is 0.334 e. The summed E-state index contributed by atoms with van der Waals surface area (Å²) in [5.74, 6) is -0.505. The van der Waals surface area contributed by atoms with Gasteiger partial charge >= 0.3 is 5.97 Å². The molecule has 0 unspecified atom stereocenters. The van der Waals surface area contributed by atoms with Crippen LogP contribution in [-0.2, 0) is 9.53 Å². The zero-order valence-corrected chi connectivity index (χ0v) is 12.6. The number of aryl methyl sites for hydroxylation is 1. The molecule has 0 aliphatic carbocycles. The fraction of sp³-hybridized carbons (Fsp3) is 0.375. The number of carbonyl (C=O) groups is 2. The molecule has 0 aromatic heterocycles. The number of amides is 1. The van der Waals surface area contributed by atoms with Gasteiger partial charge in [-0.25, -0.2) is 4.79 Å². The normalized spacial score (nSPS) is 10.0. The van der Waals surface area contributed by atoms with Gasteiger partial charge in [-0.3, -0.25) is 4.79 Å². The Morgan fingerprint density at radius 2 is 1.86 bits per heavy atom. The summed E-state index contributed by atoms with van der Waals surface area (Å²) < 4.78 is 4.82. The smallest absolute Gasteiger partial charge is 0.334 e. The molecular formula is C16H22N2O3. The molecule has 0 heterocycles. The van der Waals surface area contributed by atoms with Crippen molar-refractivity contribution in [1.82, 2.24) is 10.6 Å². The summed E-state index contributed by atoms with van der Waals surface area (Å²) in [6.45, 7) is 9.07. The van der Waals surface area contributed by atoms with Gasteiger partial charge in [0.1, 0.15) is 0 Å². The van der Waals surface area contributed by atoms with Gasteiger partial charge in [0.15, 0.2) is 0 Å². The molecule has 1 rings (SSSR count). The van der Waals surface area contributed by atoms with Crippen molar-refractivity contribution < 1.29 is 14.3 Å². The summed E-state index contributed by atoms with van der Waals surface area (Å²) in [6.07, 6.45) is 0. The summed E-state index contributed by atoms with van der Waals surface area (Å²) in [7, 11) is 0. The summed E-state index contributed by atoms with van der Waals surface area (Å²) >= 11 is 0. The number of carbonyl (C=O) groups excluding carboxylic acids is 2. The van der Waals surface area contributed by atoms with E-state index in [9.17, 15) is 9.59 Å². The molecule has 0 aliphatic rings. The van der Waals surface area contributed by atoms with Gasteiger partial charge in [-0.05, 0) is 26.0 Å². The van der Waals surface area contributed by atoms with E-state index in [0.717, 1.165) is 5.56 Å². The molecule has 21 heavy (non-hydrogen) atoms. The highest BCUT2D eigenvalue weighted by atomic mass is 16.5. The second-order valence-electron chi connectivity index (χ2n) is 4.62. The van der Waals surface area contributed by atoms with E-state index in [0.29, 0.717) is 37.4 Å². The van der Waals surface area contributed by atoms with Crippen LogP contribution in [0.4, 0.5) is 0 Å². The predicted molar refractivity (Wildman–Crippen MR) is 82.2 cm³/mol. The van der Waals surface area contributed by atoms with Crippen molar-refractivity contribution in [3.8, 4) is 0 Å². The highest BCUT2D eigenvalue weighted by Gasteiger charge is 2.07. The van der Waals surface area contributed by atoms with Gasteiger partial charge in [-0.15, -0.1) is 0 Å². The van der Waals surface area contributed by atoms with E-state index < -0.39 is 5.97 Å². The van der Waals surface area contributed by atoms with Crippen LogP contribution >= 0.6 is 0 Å². The third kappa shape index (κ3) is 6.23. The van der Waals surface area contributed by atoms with Gasteiger partial charge in [0, 0.05) is 30.8 Å². The highest BCUT2D eigenvalue weighted by Crippen LogP contribution is 2.02. The van der Waals surface area contributed by atoms with Crippen LogP contribution < -0.4 is 10.6 Å². The van der Waals surface area contributed by atoms with E-state index >= 15 is 0 Å². The monoisotopic (exact) mass is 290 g/mol. The van der Waals surface area contributed by atoms with Gasteiger partial charge < -0.3 is 15.4 Å². The molecular weight excluding hydrogens is 268 g/mol. The molecule has 2 N–H and O–H groups in total. The molecule has 0 saturated carbocycles.